The van der Waals surface area contributed by atoms with Crippen LogP contribution in [0.4, 0.5) is 5.88 Å². The molecule has 0 saturated carbocycles. The summed E-state index contributed by atoms with van der Waals surface area (Å²) < 4.78 is 5.08. The summed E-state index contributed by atoms with van der Waals surface area (Å²) >= 11 is 0. The maximum atomic E-state index is 12.0. The zero-order chi connectivity index (χ0) is 12.6. The van der Waals surface area contributed by atoms with E-state index in [-0.39, 0.29) is 17.6 Å². The summed E-state index contributed by atoms with van der Waals surface area (Å²) in [7, 11) is 0. The molecule has 0 N–H and O–H groups in total. The number of nitro groups is 1. The van der Waals surface area contributed by atoms with Crippen LogP contribution >= 0.6 is 0 Å². The van der Waals surface area contributed by atoms with Gasteiger partial charge in [-0.15, -0.1) is 0 Å². The molecule has 1 atom stereocenters. The van der Waals surface area contributed by atoms with E-state index in [2.05, 4.69) is 0 Å². The summed E-state index contributed by atoms with van der Waals surface area (Å²) in [5.74, 6) is 0.0200. The molecule has 5 nitrogen and oxygen atoms in total. The van der Waals surface area contributed by atoms with Crippen molar-refractivity contribution in [1.82, 2.24) is 0 Å². The third-order valence-electron chi connectivity index (χ3n) is 3.11. The molecule has 17 heavy (non-hydrogen) atoms. The largest absolute Gasteiger partial charge is 0.433 e. The normalized spacial score (nSPS) is 20.1. The summed E-state index contributed by atoms with van der Waals surface area (Å²) in [4.78, 5) is 22.0. The molecule has 1 aromatic rings. The minimum atomic E-state index is -0.601. The Hall–Kier alpha value is -1.91. The third-order valence-corrected chi connectivity index (χ3v) is 3.11. The highest BCUT2D eigenvalue weighted by Gasteiger charge is 2.32. The van der Waals surface area contributed by atoms with Gasteiger partial charge in [0.05, 0.1) is 11.6 Å². The van der Waals surface area contributed by atoms with Gasteiger partial charge in [-0.2, -0.15) is 0 Å². The Bertz CT molecular complexity index is 512. The topological polar surface area (TPSA) is 73.3 Å². The Kier molecular flexibility index (Phi) is 2.83. The van der Waals surface area contributed by atoms with E-state index in [1.165, 1.54) is 12.1 Å². The van der Waals surface area contributed by atoms with Crippen molar-refractivity contribution in [3.63, 3.8) is 0 Å². The standard InChI is InChI=1S/C12H13NO4/c1-3-8-6-7(2)11(12(8)14)9-4-5-10(17-9)13(15)16/h4-5,8H,3,6H2,1-2H3. The minimum absolute atomic E-state index is 0.00541. The second kappa shape index (κ2) is 4.16. The lowest BCUT2D eigenvalue weighted by Gasteiger charge is -2.03. The average molecular weight is 235 g/mol. The number of nitrogens with zero attached hydrogens (tertiary/aromatic N) is 1. The number of carbonyl (C=O) groups is 1. The molecule has 0 aliphatic heterocycles. The van der Waals surface area contributed by atoms with Gasteiger partial charge in [-0.05, 0) is 25.8 Å². The summed E-state index contributed by atoms with van der Waals surface area (Å²) in [6.07, 6.45) is 1.50. The maximum Gasteiger partial charge on any atom is 0.433 e. The third kappa shape index (κ3) is 1.88. The van der Waals surface area contributed by atoms with Crippen molar-refractivity contribution in [3.05, 3.63) is 33.6 Å². The summed E-state index contributed by atoms with van der Waals surface area (Å²) in [6, 6.07) is 2.77. The van der Waals surface area contributed by atoms with Crippen LogP contribution in [-0.2, 0) is 4.79 Å². The Morgan fingerprint density at radius 3 is 2.71 bits per heavy atom. The first-order chi connectivity index (χ1) is 8.04. The van der Waals surface area contributed by atoms with Crippen LogP contribution in [0, 0.1) is 16.0 Å². The van der Waals surface area contributed by atoms with Crippen molar-refractivity contribution in [3.8, 4) is 0 Å². The summed E-state index contributed by atoms with van der Waals surface area (Å²) in [5, 5.41) is 10.5. The molecule has 90 valence electrons. The monoisotopic (exact) mass is 235 g/mol. The molecule has 0 fully saturated rings. The molecule has 0 saturated heterocycles. The van der Waals surface area contributed by atoms with Gasteiger partial charge >= 0.3 is 5.88 Å². The maximum absolute atomic E-state index is 12.0. The first-order valence-corrected chi connectivity index (χ1v) is 5.53. The van der Waals surface area contributed by atoms with Crippen LogP contribution in [0.1, 0.15) is 32.4 Å². The van der Waals surface area contributed by atoms with Gasteiger partial charge in [-0.1, -0.05) is 12.5 Å². The van der Waals surface area contributed by atoms with E-state index in [9.17, 15) is 14.9 Å². The van der Waals surface area contributed by atoms with Crippen LogP contribution in [-0.4, -0.2) is 10.7 Å². The lowest BCUT2D eigenvalue weighted by Crippen LogP contribution is -2.07. The number of hydrogen-bond donors (Lipinski definition) is 0. The molecule has 0 aromatic carbocycles. The fraction of sp³-hybridized carbons (Fsp3) is 0.417. The van der Waals surface area contributed by atoms with Gasteiger partial charge < -0.3 is 4.42 Å². The second-order valence-electron chi connectivity index (χ2n) is 4.22. The predicted octanol–water partition coefficient (Wildman–Crippen LogP) is 2.96. The number of Topliss-reactive ketones (excluding diaryl/α,β-unsaturated/α-hetero) is 1. The summed E-state index contributed by atoms with van der Waals surface area (Å²) in [6.45, 7) is 3.83. The molecule has 0 bridgehead atoms. The van der Waals surface area contributed by atoms with Gasteiger partial charge in [0, 0.05) is 5.92 Å². The van der Waals surface area contributed by atoms with Crippen LogP contribution in [0.25, 0.3) is 5.57 Å². The predicted molar refractivity (Wildman–Crippen MR) is 61.4 cm³/mol. The van der Waals surface area contributed by atoms with Crippen LogP contribution in [0.2, 0.25) is 0 Å². The second-order valence-corrected chi connectivity index (χ2v) is 4.22. The molecule has 1 unspecified atom stereocenters. The molecule has 1 aliphatic rings. The molecular formula is C12H13NO4. The SMILES string of the molecule is CCC1CC(C)=C(c2ccc([N+](=O)[O-])o2)C1=O. The van der Waals surface area contributed by atoms with E-state index in [0.29, 0.717) is 11.3 Å². The summed E-state index contributed by atoms with van der Waals surface area (Å²) in [5.41, 5.74) is 1.47. The van der Waals surface area contributed by atoms with E-state index in [0.717, 1.165) is 18.4 Å². The molecular weight excluding hydrogens is 222 g/mol. The molecule has 2 rings (SSSR count). The number of allylic oxidation sites excluding steroid dienone is 2. The van der Waals surface area contributed by atoms with Gasteiger partial charge in [0.1, 0.15) is 10.7 Å². The van der Waals surface area contributed by atoms with Crippen molar-refractivity contribution in [2.45, 2.75) is 26.7 Å². The van der Waals surface area contributed by atoms with Crippen molar-refractivity contribution in [2.75, 3.05) is 0 Å². The number of carbonyl (C=O) groups excluding carboxylic acids is 1. The van der Waals surface area contributed by atoms with Gasteiger partial charge in [-0.25, -0.2) is 0 Å². The Morgan fingerprint density at radius 2 is 2.24 bits per heavy atom. The quantitative estimate of drug-likeness (QED) is 0.596. The van der Waals surface area contributed by atoms with E-state index in [1.807, 2.05) is 13.8 Å². The fourth-order valence-electron chi connectivity index (χ4n) is 2.20. The van der Waals surface area contributed by atoms with E-state index in [4.69, 9.17) is 4.42 Å². The lowest BCUT2D eigenvalue weighted by molar-refractivity contribution is -0.402. The molecule has 1 aliphatic carbocycles. The number of rotatable bonds is 3. The van der Waals surface area contributed by atoms with E-state index >= 15 is 0 Å². The molecule has 1 aromatic heterocycles. The molecule has 5 heteroatoms. The molecule has 0 radical (unpaired) electrons. The first kappa shape index (κ1) is 11.6. The van der Waals surface area contributed by atoms with Crippen LogP contribution in [0.15, 0.2) is 22.1 Å². The molecule has 0 spiro atoms. The van der Waals surface area contributed by atoms with E-state index < -0.39 is 4.92 Å². The highest BCUT2D eigenvalue weighted by Crippen LogP contribution is 2.37. The zero-order valence-corrected chi connectivity index (χ0v) is 9.73. The van der Waals surface area contributed by atoms with Crippen LogP contribution in [0.5, 0.6) is 0 Å². The van der Waals surface area contributed by atoms with Gasteiger partial charge in [0.25, 0.3) is 0 Å². The van der Waals surface area contributed by atoms with Crippen molar-refractivity contribution < 1.29 is 14.1 Å². The van der Waals surface area contributed by atoms with Gasteiger partial charge in [0.15, 0.2) is 5.78 Å². The van der Waals surface area contributed by atoms with Crippen molar-refractivity contribution in [2.24, 2.45) is 5.92 Å². The van der Waals surface area contributed by atoms with Gasteiger partial charge in [-0.3, -0.25) is 14.9 Å². The number of furan rings is 1. The number of hydrogen-bond acceptors (Lipinski definition) is 4. The van der Waals surface area contributed by atoms with Crippen molar-refractivity contribution >= 4 is 17.2 Å². The van der Waals surface area contributed by atoms with Gasteiger partial charge in [0.2, 0.25) is 0 Å². The van der Waals surface area contributed by atoms with E-state index in [1.54, 1.807) is 0 Å². The fourth-order valence-corrected chi connectivity index (χ4v) is 2.20. The Labute approximate surface area is 98.3 Å². The zero-order valence-electron chi connectivity index (χ0n) is 9.73. The lowest BCUT2D eigenvalue weighted by atomic mass is 10.0. The van der Waals surface area contributed by atoms with Crippen LogP contribution in [0.3, 0.4) is 0 Å². The van der Waals surface area contributed by atoms with Crippen LogP contribution < -0.4 is 0 Å². The highest BCUT2D eigenvalue weighted by atomic mass is 16.6. The Balaban J connectivity index is 2.36. The number of ketones is 1. The molecule has 1 heterocycles. The smallest absolute Gasteiger partial charge is 0.401 e. The average Bonchev–Trinajstić information content (AvgIpc) is 2.83. The van der Waals surface area contributed by atoms with Crippen molar-refractivity contribution in [1.29, 1.82) is 0 Å². The Morgan fingerprint density at radius 1 is 1.53 bits per heavy atom. The highest BCUT2D eigenvalue weighted by molar-refractivity contribution is 6.24. The minimum Gasteiger partial charge on any atom is -0.401 e. The first-order valence-electron chi connectivity index (χ1n) is 5.53. The molecule has 0 amide bonds.